The maximum absolute atomic E-state index is 12.6. The smallest absolute Gasteiger partial charge is 0.298 e. The number of amides is 1. The van der Waals surface area contributed by atoms with Gasteiger partial charge >= 0.3 is 0 Å². The summed E-state index contributed by atoms with van der Waals surface area (Å²) in [5, 5.41) is 3.06. The van der Waals surface area contributed by atoms with E-state index in [1.807, 2.05) is 24.3 Å². The van der Waals surface area contributed by atoms with Gasteiger partial charge in [0.2, 0.25) is 15.9 Å². The van der Waals surface area contributed by atoms with Crippen molar-refractivity contribution >= 4 is 33.0 Å². The molecule has 1 amide bonds. The van der Waals surface area contributed by atoms with Gasteiger partial charge in [-0.2, -0.15) is 4.98 Å². The van der Waals surface area contributed by atoms with Crippen molar-refractivity contribution in [3.63, 3.8) is 0 Å². The minimum absolute atomic E-state index is 0.0116. The van der Waals surface area contributed by atoms with Crippen molar-refractivity contribution in [3.8, 4) is 0 Å². The maximum Gasteiger partial charge on any atom is 0.298 e. The van der Waals surface area contributed by atoms with Crippen LogP contribution >= 0.6 is 0 Å². The molecular weight excluding hydrogens is 380 g/mol. The maximum atomic E-state index is 12.6. The molecule has 0 bridgehead atoms. The summed E-state index contributed by atoms with van der Waals surface area (Å²) in [6, 6.07) is 8.46. The molecule has 1 aromatic carbocycles. The van der Waals surface area contributed by atoms with E-state index in [4.69, 9.17) is 4.42 Å². The first-order valence-electron chi connectivity index (χ1n) is 9.77. The summed E-state index contributed by atoms with van der Waals surface area (Å²) in [5.41, 5.74) is 1.61. The van der Waals surface area contributed by atoms with E-state index < -0.39 is 10.0 Å². The molecule has 1 atom stereocenters. The normalized spacial score (nSPS) is 22.0. The number of aromatic nitrogens is 1. The first kappa shape index (κ1) is 19.2. The molecule has 1 unspecified atom stereocenters. The van der Waals surface area contributed by atoms with Crippen LogP contribution in [0.25, 0.3) is 11.1 Å². The van der Waals surface area contributed by atoms with Crippen molar-refractivity contribution in [2.45, 2.75) is 31.7 Å². The summed E-state index contributed by atoms with van der Waals surface area (Å²) in [6.07, 6.45) is 4.36. The molecule has 2 aliphatic rings. The molecule has 2 saturated heterocycles. The monoisotopic (exact) mass is 406 g/mol. The van der Waals surface area contributed by atoms with Crippen LogP contribution in [0.1, 0.15) is 25.7 Å². The largest absolute Gasteiger partial charge is 0.423 e. The Morgan fingerprint density at radius 2 is 1.96 bits per heavy atom. The van der Waals surface area contributed by atoms with E-state index in [2.05, 4.69) is 15.2 Å². The molecule has 4 rings (SSSR count). The summed E-state index contributed by atoms with van der Waals surface area (Å²) >= 11 is 0. The lowest BCUT2D eigenvalue weighted by atomic mass is 9.97. The third-order valence-electron chi connectivity index (χ3n) is 5.71. The number of anilines is 1. The zero-order chi connectivity index (χ0) is 19.7. The van der Waals surface area contributed by atoms with Crippen molar-refractivity contribution in [2.75, 3.05) is 37.3 Å². The first-order chi connectivity index (χ1) is 13.4. The lowest BCUT2D eigenvalue weighted by Gasteiger charge is -2.30. The fraction of sp³-hybridized carbons (Fsp3) is 0.579. The second-order valence-corrected chi connectivity index (χ2v) is 9.62. The minimum atomic E-state index is -3.17. The van der Waals surface area contributed by atoms with Gasteiger partial charge in [-0.1, -0.05) is 12.1 Å². The molecule has 0 saturated carbocycles. The number of piperidine rings is 1. The molecule has 8 nitrogen and oxygen atoms in total. The quantitative estimate of drug-likeness (QED) is 0.810. The molecule has 0 radical (unpaired) electrons. The van der Waals surface area contributed by atoms with Gasteiger partial charge in [0.15, 0.2) is 5.58 Å². The molecule has 2 aliphatic heterocycles. The second kappa shape index (κ2) is 7.71. The molecule has 2 aromatic rings. The predicted octanol–water partition coefficient (Wildman–Crippen LogP) is 1.58. The molecule has 2 fully saturated rings. The van der Waals surface area contributed by atoms with E-state index in [0.29, 0.717) is 38.5 Å². The third kappa shape index (κ3) is 4.00. The van der Waals surface area contributed by atoms with E-state index in [1.165, 1.54) is 10.6 Å². The standard InChI is InChI=1S/C19H26N4O4S/c1-28(25,26)22-11-8-14(9-12-22)18(24)20-13-15-5-4-10-23(15)19-21-16-6-2-3-7-17(16)27-19/h2-3,6-7,14-15H,4-5,8-13H2,1H3,(H,20,24). The number of nitrogens with one attached hydrogen (secondary N) is 1. The van der Waals surface area contributed by atoms with E-state index in [0.717, 1.165) is 30.5 Å². The van der Waals surface area contributed by atoms with Crippen molar-refractivity contribution in [3.05, 3.63) is 24.3 Å². The molecule has 1 N–H and O–H groups in total. The zero-order valence-electron chi connectivity index (χ0n) is 16.0. The van der Waals surface area contributed by atoms with Crippen LogP contribution in [0, 0.1) is 5.92 Å². The number of hydrogen-bond donors (Lipinski definition) is 1. The molecule has 0 spiro atoms. The third-order valence-corrected chi connectivity index (χ3v) is 7.01. The summed E-state index contributed by atoms with van der Waals surface area (Å²) in [6.45, 7) is 2.23. The summed E-state index contributed by atoms with van der Waals surface area (Å²) in [7, 11) is -3.17. The molecule has 1 aromatic heterocycles. The SMILES string of the molecule is CS(=O)(=O)N1CCC(C(=O)NCC2CCCN2c2nc3ccccc3o2)CC1. The highest BCUT2D eigenvalue weighted by Crippen LogP contribution is 2.28. The fourth-order valence-corrected chi connectivity index (χ4v) is 4.97. The number of sulfonamides is 1. The Bertz CT molecular complexity index is 917. The van der Waals surface area contributed by atoms with E-state index >= 15 is 0 Å². The lowest BCUT2D eigenvalue weighted by molar-refractivity contribution is -0.126. The number of para-hydroxylation sites is 2. The van der Waals surface area contributed by atoms with Gasteiger partial charge in [0.1, 0.15) is 5.52 Å². The van der Waals surface area contributed by atoms with Gasteiger partial charge in [-0.05, 0) is 37.8 Å². The molecule has 9 heteroatoms. The number of hydrogen-bond acceptors (Lipinski definition) is 6. The topological polar surface area (TPSA) is 95.8 Å². The Kier molecular flexibility index (Phi) is 5.29. The van der Waals surface area contributed by atoms with Crippen LogP contribution in [0.2, 0.25) is 0 Å². The molecule has 0 aliphatic carbocycles. The van der Waals surface area contributed by atoms with Crippen LogP contribution in [0.5, 0.6) is 0 Å². The Hall–Kier alpha value is -2.13. The molecule has 3 heterocycles. The number of carbonyl (C=O) groups is 1. The predicted molar refractivity (Wildman–Crippen MR) is 107 cm³/mol. The number of oxazole rings is 1. The number of benzene rings is 1. The van der Waals surface area contributed by atoms with Crippen LogP contribution in [0.4, 0.5) is 6.01 Å². The van der Waals surface area contributed by atoms with Crippen LogP contribution in [-0.2, 0) is 14.8 Å². The van der Waals surface area contributed by atoms with E-state index in [9.17, 15) is 13.2 Å². The Morgan fingerprint density at radius 3 is 2.68 bits per heavy atom. The zero-order valence-corrected chi connectivity index (χ0v) is 16.8. The van der Waals surface area contributed by atoms with Gasteiger partial charge in [0, 0.05) is 32.1 Å². The van der Waals surface area contributed by atoms with Crippen molar-refractivity contribution in [1.82, 2.24) is 14.6 Å². The summed E-state index contributed by atoms with van der Waals surface area (Å²) < 4.78 is 30.5. The van der Waals surface area contributed by atoms with Gasteiger partial charge in [0.05, 0.1) is 12.3 Å². The van der Waals surface area contributed by atoms with Gasteiger partial charge in [0.25, 0.3) is 6.01 Å². The minimum Gasteiger partial charge on any atom is -0.423 e. The average Bonchev–Trinajstić information content (AvgIpc) is 3.31. The number of rotatable bonds is 5. The summed E-state index contributed by atoms with van der Waals surface area (Å²) in [5.74, 6) is -0.116. The fourth-order valence-electron chi connectivity index (χ4n) is 4.10. The Balaban J connectivity index is 1.33. The van der Waals surface area contributed by atoms with Gasteiger partial charge in [-0.3, -0.25) is 4.79 Å². The Morgan fingerprint density at radius 1 is 1.21 bits per heavy atom. The van der Waals surface area contributed by atoms with Gasteiger partial charge in [-0.25, -0.2) is 12.7 Å². The average molecular weight is 407 g/mol. The second-order valence-electron chi connectivity index (χ2n) is 7.64. The van der Waals surface area contributed by atoms with Gasteiger partial charge in [-0.15, -0.1) is 0 Å². The Labute approximate surface area is 164 Å². The molecular formula is C19H26N4O4S. The highest BCUT2D eigenvalue weighted by Gasteiger charge is 2.31. The van der Waals surface area contributed by atoms with Gasteiger partial charge < -0.3 is 14.6 Å². The number of carbonyl (C=O) groups excluding carboxylic acids is 1. The first-order valence-corrected chi connectivity index (χ1v) is 11.6. The van der Waals surface area contributed by atoms with Crippen LogP contribution in [0.3, 0.4) is 0 Å². The van der Waals surface area contributed by atoms with Crippen LogP contribution < -0.4 is 10.2 Å². The van der Waals surface area contributed by atoms with Crippen molar-refractivity contribution in [2.24, 2.45) is 5.92 Å². The van der Waals surface area contributed by atoms with Crippen LogP contribution in [-0.4, -0.2) is 62.1 Å². The molecule has 28 heavy (non-hydrogen) atoms. The molecule has 152 valence electrons. The van der Waals surface area contributed by atoms with Crippen molar-refractivity contribution in [1.29, 1.82) is 0 Å². The highest BCUT2D eigenvalue weighted by atomic mass is 32.2. The number of fused-ring (bicyclic) bond motifs is 1. The number of nitrogens with zero attached hydrogens (tertiary/aromatic N) is 3. The van der Waals surface area contributed by atoms with E-state index in [1.54, 1.807) is 0 Å². The lowest BCUT2D eigenvalue weighted by Crippen LogP contribution is -2.45. The summed E-state index contributed by atoms with van der Waals surface area (Å²) in [4.78, 5) is 19.3. The van der Waals surface area contributed by atoms with Crippen LogP contribution in [0.15, 0.2) is 28.7 Å². The van der Waals surface area contributed by atoms with E-state index in [-0.39, 0.29) is 17.9 Å². The highest BCUT2D eigenvalue weighted by molar-refractivity contribution is 7.88. The van der Waals surface area contributed by atoms with Crippen molar-refractivity contribution < 1.29 is 17.6 Å².